The first-order valence-corrected chi connectivity index (χ1v) is 4.80. The van der Waals surface area contributed by atoms with Crippen molar-refractivity contribution in [3.8, 4) is 0 Å². The van der Waals surface area contributed by atoms with E-state index in [0.29, 0.717) is 5.54 Å². The van der Waals surface area contributed by atoms with Crippen molar-refractivity contribution in [2.24, 2.45) is 0 Å². The van der Waals surface area contributed by atoms with Gasteiger partial charge in [-0.05, 0) is 12.8 Å². The van der Waals surface area contributed by atoms with Gasteiger partial charge in [0.1, 0.15) is 0 Å². The molecule has 2 nitrogen and oxygen atoms in total. The molecular formula is C8H14ClNO. The van der Waals surface area contributed by atoms with E-state index in [4.69, 9.17) is 16.3 Å². The van der Waals surface area contributed by atoms with Gasteiger partial charge in [-0.15, -0.1) is 11.6 Å². The van der Waals surface area contributed by atoms with Crippen molar-refractivity contribution in [1.29, 1.82) is 0 Å². The fraction of sp³-hybridized carbons (Fsp3) is 1.00. The summed E-state index contributed by atoms with van der Waals surface area (Å²) in [7, 11) is 0. The third-order valence-electron chi connectivity index (χ3n) is 2.73. The second-order valence-corrected chi connectivity index (χ2v) is 3.83. The van der Waals surface area contributed by atoms with Crippen LogP contribution in [0.5, 0.6) is 0 Å². The van der Waals surface area contributed by atoms with Gasteiger partial charge in [-0.3, -0.25) is 4.90 Å². The summed E-state index contributed by atoms with van der Waals surface area (Å²) >= 11 is 5.71. The molecule has 0 bridgehead atoms. The van der Waals surface area contributed by atoms with Crippen LogP contribution >= 0.6 is 11.6 Å². The van der Waals surface area contributed by atoms with Gasteiger partial charge >= 0.3 is 0 Å². The average molecular weight is 176 g/mol. The van der Waals surface area contributed by atoms with Crippen molar-refractivity contribution >= 4 is 11.6 Å². The van der Waals surface area contributed by atoms with Gasteiger partial charge in [-0.2, -0.15) is 0 Å². The van der Waals surface area contributed by atoms with Crippen molar-refractivity contribution in [2.75, 3.05) is 32.2 Å². The maximum atomic E-state index is 5.71. The summed E-state index contributed by atoms with van der Waals surface area (Å²) in [4.78, 5) is 2.49. The van der Waals surface area contributed by atoms with Crippen molar-refractivity contribution in [2.45, 2.75) is 18.4 Å². The Bertz CT molecular complexity index is 145. The Morgan fingerprint density at radius 1 is 1.45 bits per heavy atom. The molecule has 3 heteroatoms. The number of ether oxygens (including phenoxy) is 1. The minimum absolute atomic E-state index is 0.424. The highest BCUT2D eigenvalue weighted by molar-refractivity contribution is 6.18. The molecule has 0 atom stereocenters. The number of hydrogen-bond acceptors (Lipinski definition) is 2. The Hall–Kier alpha value is 0.210. The predicted molar refractivity (Wildman–Crippen MR) is 45.1 cm³/mol. The molecule has 1 spiro atoms. The van der Waals surface area contributed by atoms with Crippen LogP contribution in [0.4, 0.5) is 0 Å². The molecule has 0 amide bonds. The third kappa shape index (κ3) is 1.40. The van der Waals surface area contributed by atoms with E-state index in [1.807, 2.05) is 0 Å². The molecule has 11 heavy (non-hydrogen) atoms. The standard InChI is InChI=1S/C8H14ClNO/c9-3-4-10-5-6-11-7-8(10)1-2-8/h1-7H2. The molecule has 1 saturated carbocycles. The van der Waals surface area contributed by atoms with Crippen LogP contribution in [-0.2, 0) is 4.74 Å². The number of halogens is 1. The Morgan fingerprint density at radius 3 is 2.91 bits per heavy atom. The second kappa shape index (κ2) is 2.92. The maximum Gasteiger partial charge on any atom is 0.0651 e. The summed E-state index contributed by atoms with van der Waals surface area (Å²) in [6.07, 6.45) is 2.62. The summed E-state index contributed by atoms with van der Waals surface area (Å²) in [5, 5.41) is 0. The molecule has 1 aliphatic carbocycles. The molecule has 0 radical (unpaired) electrons. The number of nitrogens with zero attached hydrogens (tertiary/aromatic N) is 1. The van der Waals surface area contributed by atoms with Crippen LogP contribution in [0, 0.1) is 0 Å². The molecule has 0 unspecified atom stereocenters. The average Bonchev–Trinajstić information content (AvgIpc) is 2.77. The summed E-state index contributed by atoms with van der Waals surface area (Å²) in [6.45, 7) is 3.93. The van der Waals surface area contributed by atoms with Gasteiger partial charge in [0.15, 0.2) is 0 Å². The lowest BCUT2D eigenvalue weighted by Gasteiger charge is -2.35. The van der Waals surface area contributed by atoms with Crippen LogP contribution in [0.15, 0.2) is 0 Å². The Balaban J connectivity index is 1.93. The van der Waals surface area contributed by atoms with E-state index in [2.05, 4.69) is 4.90 Å². The van der Waals surface area contributed by atoms with Gasteiger partial charge in [0.25, 0.3) is 0 Å². The van der Waals surface area contributed by atoms with Crippen LogP contribution < -0.4 is 0 Å². The Morgan fingerprint density at radius 2 is 2.27 bits per heavy atom. The molecular weight excluding hydrogens is 162 g/mol. The molecule has 2 aliphatic rings. The molecule has 1 heterocycles. The highest BCUT2D eigenvalue weighted by Crippen LogP contribution is 2.43. The van der Waals surface area contributed by atoms with Crippen molar-refractivity contribution < 1.29 is 4.74 Å². The minimum Gasteiger partial charge on any atom is -0.378 e. The van der Waals surface area contributed by atoms with Crippen LogP contribution in [0.25, 0.3) is 0 Å². The fourth-order valence-electron chi connectivity index (χ4n) is 1.82. The van der Waals surface area contributed by atoms with E-state index in [0.717, 1.165) is 32.2 Å². The summed E-state index contributed by atoms with van der Waals surface area (Å²) in [6, 6.07) is 0. The SMILES string of the molecule is ClCCN1CCOCC12CC2. The zero-order valence-electron chi connectivity index (χ0n) is 6.68. The summed E-state index contributed by atoms with van der Waals surface area (Å²) in [5.74, 6) is 0.752. The van der Waals surface area contributed by atoms with E-state index < -0.39 is 0 Å². The lowest BCUT2D eigenvalue weighted by molar-refractivity contribution is -0.0170. The number of hydrogen-bond donors (Lipinski definition) is 0. The largest absolute Gasteiger partial charge is 0.378 e. The van der Waals surface area contributed by atoms with Gasteiger partial charge in [-0.1, -0.05) is 0 Å². The first kappa shape index (κ1) is 7.84. The number of rotatable bonds is 2. The van der Waals surface area contributed by atoms with E-state index in [1.54, 1.807) is 0 Å². The van der Waals surface area contributed by atoms with Gasteiger partial charge in [0, 0.05) is 24.5 Å². The summed E-state index contributed by atoms with van der Waals surface area (Å²) < 4.78 is 5.44. The molecule has 1 saturated heterocycles. The zero-order valence-corrected chi connectivity index (χ0v) is 7.44. The molecule has 0 aromatic heterocycles. The van der Waals surface area contributed by atoms with Crippen LogP contribution in [0.3, 0.4) is 0 Å². The van der Waals surface area contributed by atoms with Gasteiger partial charge in [0.05, 0.1) is 13.2 Å². The second-order valence-electron chi connectivity index (χ2n) is 3.45. The lowest BCUT2D eigenvalue weighted by atomic mass is 10.2. The zero-order chi connectivity index (χ0) is 7.73. The van der Waals surface area contributed by atoms with E-state index in [1.165, 1.54) is 12.8 Å². The third-order valence-corrected chi connectivity index (χ3v) is 2.90. The van der Waals surface area contributed by atoms with Gasteiger partial charge in [-0.25, -0.2) is 0 Å². The number of morpholine rings is 1. The van der Waals surface area contributed by atoms with E-state index >= 15 is 0 Å². The Labute approximate surface area is 72.5 Å². The fourth-order valence-corrected chi connectivity index (χ4v) is 2.03. The number of alkyl halides is 1. The lowest BCUT2D eigenvalue weighted by Crippen LogP contribution is -2.48. The minimum atomic E-state index is 0.424. The first-order chi connectivity index (χ1) is 5.37. The predicted octanol–water partition coefficient (Wildman–Crippen LogP) is 1.09. The molecule has 1 aliphatic heterocycles. The highest BCUT2D eigenvalue weighted by Gasteiger charge is 2.49. The van der Waals surface area contributed by atoms with Crippen molar-refractivity contribution in [3.05, 3.63) is 0 Å². The molecule has 0 aromatic rings. The van der Waals surface area contributed by atoms with Crippen LogP contribution in [0.2, 0.25) is 0 Å². The normalized spacial score (nSPS) is 29.2. The van der Waals surface area contributed by atoms with Crippen molar-refractivity contribution in [3.63, 3.8) is 0 Å². The molecule has 64 valence electrons. The summed E-state index contributed by atoms with van der Waals surface area (Å²) in [5.41, 5.74) is 0.424. The molecule has 0 N–H and O–H groups in total. The van der Waals surface area contributed by atoms with Crippen LogP contribution in [0.1, 0.15) is 12.8 Å². The van der Waals surface area contributed by atoms with Gasteiger partial charge in [0.2, 0.25) is 0 Å². The molecule has 0 aromatic carbocycles. The highest BCUT2D eigenvalue weighted by atomic mass is 35.5. The van der Waals surface area contributed by atoms with Gasteiger partial charge < -0.3 is 4.74 Å². The molecule has 2 rings (SSSR count). The van der Waals surface area contributed by atoms with Crippen LogP contribution in [-0.4, -0.2) is 42.6 Å². The van der Waals surface area contributed by atoms with E-state index in [9.17, 15) is 0 Å². The monoisotopic (exact) mass is 175 g/mol. The smallest absolute Gasteiger partial charge is 0.0651 e. The van der Waals surface area contributed by atoms with Crippen molar-refractivity contribution in [1.82, 2.24) is 4.90 Å². The topological polar surface area (TPSA) is 12.5 Å². The quantitative estimate of drug-likeness (QED) is 0.583. The Kier molecular flexibility index (Phi) is 2.08. The molecule has 2 fully saturated rings. The maximum absolute atomic E-state index is 5.71. The first-order valence-electron chi connectivity index (χ1n) is 4.26. The van der Waals surface area contributed by atoms with E-state index in [-0.39, 0.29) is 0 Å².